The first-order valence-corrected chi connectivity index (χ1v) is 14.8. The van der Waals surface area contributed by atoms with Crippen molar-refractivity contribution in [2.45, 2.75) is 51.8 Å². The van der Waals surface area contributed by atoms with E-state index >= 15 is 0 Å². The summed E-state index contributed by atoms with van der Waals surface area (Å²) >= 11 is 1.60. The van der Waals surface area contributed by atoms with Crippen molar-refractivity contribution < 1.29 is 27.9 Å². The number of rotatable bonds is 7. The number of nitrogens with one attached hydrogen (secondary N) is 1. The first kappa shape index (κ1) is 29.5. The van der Waals surface area contributed by atoms with Crippen LogP contribution in [0, 0.1) is 11.3 Å². The summed E-state index contributed by atoms with van der Waals surface area (Å²) in [6, 6.07) is 4.98. The first-order chi connectivity index (χ1) is 19.4. The van der Waals surface area contributed by atoms with Gasteiger partial charge in [-0.3, -0.25) is 14.4 Å². The molecule has 0 saturated carbocycles. The van der Waals surface area contributed by atoms with Crippen LogP contribution in [-0.2, 0) is 14.3 Å². The van der Waals surface area contributed by atoms with Crippen LogP contribution < -0.4 is 10.2 Å². The number of carbonyl (C=O) groups is 3. The fraction of sp³-hybridized carbons (Fsp3) is 0.586. The van der Waals surface area contributed by atoms with E-state index in [1.54, 1.807) is 23.5 Å². The maximum absolute atomic E-state index is 13.7. The number of fused-ring (bicyclic) bond motifs is 1. The Morgan fingerprint density at radius 1 is 1.15 bits per heavy atom. The van der Waals surface area contributed by atoms with Crippen LogP contribution in [0.4, 0.5) is 13.9 Å². The topological polar surface area (TPSA) is 95.1 Å². The summed E-state index contributed by atoms with van der Waals surface area (Å²) in [5, 5.41) is 5.80. The van der Waals surface area contributed by atoms with E-state index in [0.29, 0.717) is 5.56 Å². The van der Waals surface area contributed by atoms with Gasteiger partial charge in [0, 0.05) is 49.2 Å². The highest BCUT2D eigenvalue weighted by Crippen LogP contribution is 2.36. The van der Waals surface area contributed by atoms with E-state index in [-0.39, 0.29) is 30.8 Å². The molecule has 1 N–H and O–H groups in total. The molecule has 4 heterocycles. The van der Waals surface area contributed by atoms with Crippen LogP contribution in [-0.4, -0.2) is 103 Å². The lowest BCUT2D eigenvalue weighted by molar-refractivity contribution is -0.138. The number of likely N-dealkylation sites (tertiary alicyclic amines) is 1. The van der Waals surface area contributed by atoms with Crippen molar-refractivity contribution in [3.63, 3.8) is 0 Å². The second-order valence-electron chi connectivity index (χ2n) is 12.3. The van der Waals surface area contributed by atoms with Gasteiger partial charge in [-0.25, -0.2) is 13.8 Å². The van der Waals surface area contributed by atoms with Crippen molar-refractivity contribution in [3.05, 3.63) is 35.2 Å². The molecular formula is C29H37F2N5O4S. The summed E-state index contributed by atoms with van der Waals surface area (Å²) in [4.78, 5) is 50.0. The number of ketones is 1. The van der Waals surface area contributed by atoms with Gasteiger partial charge in [0.05, 0.1) is 17.7 Å². The molecule has 0 unspecified atom stereocenters. The number of likely N-dealkylation sites (N-methyl/N-ethyl adjacent to an activating group) is 1. The summed E-state index contributed by atoms with van der Waals surface area (Å²) in [5.74, 6) is -2.62. The van der Waals surface area contributed by atoms with Gasteiger partial charge in [0.15, 0.2) is 10.9 Å². The molecule has 0 spiro atoms. The average molecular weight is 590 g/mol. The number of hydrogen-bond acceptors (Lipinski definition) is 8. The van der Waals surface area contributed by atoms with Gasteiger partial charge in [-0.05, 0) is 31.0 Å². The van der Waals surface area contributed by atoms with Crippen molar-refractivity contribution in [2.24, 2.45) is 11.3 Å². The number of thiazole rings is 1. The van der Waals surface area contributed by atoms with Crippen LogP contribution in [0.25, 0.3) is 11.3 Å². The molecule has 3 aliphatic rings. The molecule has 4 atom stereocenters. The van der Waals surface area contributed by atoms with Crippen LogP contribution in [0.5, 0.6) is 0 Å². The van der Waals surface area contributed by atoms with Gasteiger partial charge in [-0.15, -0.1) is 11.3 Å². The van der Waals surface area contributed by atoms with Gasteiger partial charge in [0.2, 0.25) is 12.3 Å². The second-order valence-corrected chi connectivity index (χ2v) is 13.2. The highest BCUT2D eigenvalue weighted by molar-refractivity contribution is 7.14. The number of alkyl halides is 2. The zero-order valence-corrected chi connectivity index (χ0v) is 24.6. The number of anilines is 1. The van der Waals surface area contributed by atoms with E-state index in [2.05, 4.69) is 22.2 Å². The van der Waals surface area contributed by atoms with E-state index in [0.717, 1.165) is 42.6 Å². The standard InChI is InChI=1S/C29H37F2N5O4S/c1-29(2,3)13-20(27(39)36-14-19(25(30)31)24-23(36)22(37)15-40-24)32-26(38)18-7-5-17(6-8-18)21-16-41-28(33-21)35-11-9-34(4)10-12-35/h5-8,16,19-20,23-25H,9-15H2,1-4H3,(H,32,38)/t19-,20+,23-,24-/m1/s1. The average Bonchev–Trinajstić information content (AvgIpc) is 3.65. The zero-order chi connectivity index (χ0) is 29.5. The number of Topliss-reactive ketones (excluding diaryl/α,β-unsaturated/α-hetero) is 1. The van der Waals surface area contributed by atoms with Gasteiger partial charge >= 0.3 is 0 Å². The first-order valence-electron chi connectivity index (χ1n) is 13.9. The normalized spacial score (nSPS) is 24.2. The molecule has 5 rings (SSSR count). The number of ether oxygens (including phenoxy) is 1. The largest absolute Gasteiger partial charge is 0.367 e. The Kier molecular flexibility index (Phi) is 8.45. The van der Waals surface area contributed by atoms with Crippen molar-refractivity contribution in [1.29, 1.82) is 0 Å². The van der Waals surface area contributed by atoms with Crippen molar-refractivity contribution in [3.8, 4) is 11.3 Å². The Hall–Kier alpha value is -2.96. The smallest absolute Gasteiger partial charge is 0.251 e. The number of hydrogen-bond donors (Lipinski definition) is 1. The van der Waals surface area contributed by atoms with Crippen molar-refractivity contribution in [2.75, 3.05) is 51.3 Å². The highest BCUT2D eigenvalue weighted by Gasteiger charge is 2.55. The zero-order valence-electron chi connectivity index (χ0n) is 23.8. The minimum atomic E-state index is -2.73. The number of piperazine rings is 1. The molecule has 3 aliphatic heterocycles. The summed E-state index contributed by atoms with van der Waals surface area (Å²) in [7, 11) is 2.11. The molecule has 9 nitrogen and oxygen atoms in total. The predicted octanol–water partition coefficient (Wildman–Crippen LogP) is 3.16. The van der Waals surface area contributed by atoms with Crippen LogP contribution in [0.2, 0.25) is 0 Å². The second kappa shape index (κ2) is 11.7. The van der Waals surface area contributed by atoms with Crippen molar-refractivity contribution in [1.82, 2.24) is 20.1 Å². The SMILES string of the molecule is CN1CCN(c2nc(-c3ccc(C(=O)N[C@@H](CC(C)(C)C)C(=O)N4C[C@@H](C(F)F)[C@H]5OCC(=O)[C@H]54)cc3)cs2)CC1. The third-order valence-electron chi connectivity index (χ3n) is 7.96. The quantitative estimate of drug-likeness (QED) is 0.530. The number of benzene rings is 1. The van der Waals surface area contributed by atoms with E-state index < -0.39 is 42.3 Å². The molecular weight excluding hydrogens is 552 g/mol. The highest BCUT2D eigenvalue weighted by atomic mass is 32.1. The van der Waals surface area contributed by atoms with Gasteiger partial charge in [-0.1, -0.05) is 32.9 Å². The van der Waals surface area contributed by atoms with Gasteiger partial charge in [0.1, 0.15) is 18.7 Å². The minimum absolute atomic E-state index is 0.270. The van der Waals surface area contributed by atoms with E-state index in [1.165, 1.54) is 4.90 Å². The van der Waals surface area contributed by atoms with Gasteiger partial charge in [0.25, 0.3) is 5.91 Å². The minimum Gasteiger partial charge on any atom is -0.367 e. The lowest BCUT2D eigenvalue weighted by atomic mass is 9.87. The third kappa shape index (κ3) is 6.44. The number of halogens is 2. The molecule has 3 saturated heterocycles. The van der Waals surface area contributed by atoms with Crippen LogP contribution in [0.15, 0.2) is 29.6 Å². The fourth-order valence-electron chi connectivity index (χ4n) is 5.73. The molecule has 0 bridgehead atoms. The molecule has 0 aliphatic carbocycles. The molecule has 1 aromatic carbocycles. The molecule has 0 radical (unpaired) electrons. The number of nitrogens with zero attached hydrogens (tertiary/aromatic N) is 4. The van der Waals surface area contributed by atoms with Gasteiger partial charge in [-0.2, -0.15) is 0 Å². The van der Waals surface area contributed by atoms with E-state index in [9.17, 15) is 23.2 Å². The Balaban J connectivity index is 1.29. The lowest BCUT2D eigenvalue weighted by Crippen LogP contribution is -2.53. The number of aromatic nitrogens is 1. The summed E-state index contributed by atoms with van der Waals surface area (Å²) < 4.78 is 32.8. The fourth-order valence-corrected chi connectivity index (χ4v) is 6.62. The summed E-state index contributed by atoms with van der Waals surface area (Å²) in [6.45, 7) is 9.05. The Morgan fingerprint density at radius 3 is 2.46 bits per heavy atom. The van der Waals surface area contributed by atoms with Crippen LogP contribution >= 0.6 is 11.3 Å². The summed E-state index contributed by atoms with van der Waals surface area (Å²) in [5.41, 5.74) is 1.71. The van der Waals surface area contributed by atoms with E-state index in [4.69, 9.17) is 9.72 Å². The predicted molar refractivity (Wildman–Crippen MR) is 152 cm³/mol. The number of carbonyl (C=O) groups excluding carboxylic acids is 3. The maximum Gasteiger partial charge on any atom is 0.251 e. The van der Waals surface area contributed by atoms with Crippen LogP contribution in [0.3, 0.4) is 0 Å². The van der Waals surface area contributed by atoms with Crippen LogP contribution in [0.1, 0.15) is 37.6 Å². The molecule has 2 aromatic rings. The maximum atomic E-state index is 13.7. The molecule has 222 valence electrons. The third-order valence-corrected chi connectivity index (χ3v) is 8.86. The molecule has 41 heavy (non-hydrogen) atoms. The Bertz CT molecular complexity index is 1270. The van der Waals surface area contributed by atoms with E-state index in [1.807, 2.05) is 38.3 Å². The Labute approximate surface area is 242 Å². The molecule has 2 amide bonds. The molecule has 12 heteroatoms. The van der Waals surface area contributed by atoms with Crippen molar-refractivity contribution >= 4 is 34.1 Å². The Morgan fingerprint density at radius 2 is 1.83 bits per heavy atom. The van der Waals surface area contributed by atoms with Gasteiger partial charge < -0.3 is 24.8 Å². The monoisotopic (exact) mass is 589 g/mol. The molecule has 1 aromatic heterocycles. The lowest BCUT2D eigenvalue weighted by Gasteiger charge is -2.32. The number of amides is 2. The molecule has 3 fully saturated rings. The summed E-state index contributed by atoms with van der Waals surface area (Å²) in [6.07, 6.45) is -3.48.